The summed E-state index contributed by atoms with van der Waals surface area (Å²) in [6, 6.07) is 6.36. The smallest absolute Gasteiger partial charge is 0.256 e. The SMILES string of the molecule is CC(C)N1CCc2c(sc(NC(=O)c3ccc(S(=O)(=O)N4CCCCCC4)cc3)c2C(N)=O)C1.Cl. The first kappa shape index (κ1) is 27.6. The molecule has 0 bridgehead atoms. The van der Waals surface area contributed by atoms with Gasteiger partial charge in [0, 0.05) is 42.7 Å². The Bertz CT molecular complexity index is 1170. The fraction of sp³-hybridized carbons (Fsp3) is 0.500. The molecule has 8 nitrogen and oxygen atoms in total. The summed E-state index contributed by atoms with van der Waals surface area (Å²) in [5.74, 6) is -0.953. The van der Waals surface area contributed by atoms with Crippen LogP contribution >= 0.6 is 23.7 Å². The highest BCUT2D eigenvalue weighted by Crippen LogP contribution is 2.37. The predicted molar refractivity (Wildman–Crippen MR) is 141 cm³/mol. The van der Waals surface area contributed by atoms with Crippen LogP contribution in [0.1, 0.15) is 70.7 Å². The van der Waals surface area contributed by atoms with Gasteiger partial charge in [-0.3, -0.25) is 14.5 Å². The van der Waals surface area contributed by atoms with Gasteiger partial charge in [-0.05, 0) is 62.9 Å². The van der Waals surface area contributed by atoms with E-state index >= 15 is 0 Å². The quantitative estimate of drug-likeness (QED) is 0.578. The zero-order valence-electron chi connectivity index (χ0n) is 20.1. The van der Waals surface area contributed by atoms with Gasteiger partial charge >= 0.3 is 0 Å². The molecule has 2 amide bonds. The highest BCUT2D eigenvalue weighted by Gasteiger charge is 2.29. The number of thiophene rings is 1. The third kappa shape index (κ3) is 5.89. The summed E-state index contributed by atoms with van der Waals surface area (Å²) in [6.07, 6.45) is 4.52. The largest absolute Gasteiger partial charge is 0.365 e. The molecule has 0 radical (unpaired) electrons. The number of fused-ring (bicyclic) bond motifs is 1. The standard InChI is InChI=1S/C24H32N4O4S2.ClH/c1-16(2)27-14-11-19-20(15-27)33-24(21(19)22(25)29)26-23(30)17-7-9-18(10-8-17)34(31,32)28-12-5-3-4-6-13-28;/h7-10,16H,3-6,11-15H2,1-2H3,(H2,25,29)(H,26,30);1H. The molecule has 2 aromatic rings. The highest BCUT2D eigenvalue weighted by atomic mass is 35.5. The number of nitrogens with two attached hydrogens (primary N) is 1. The molecule has 3 heterocycles. The van der Waals surface area contributed by atoms with Crippen molar-refractivity contribution in [2.45, 2.75) is 63.4 Å². The number of hydrogen-bond donors (Lipinski definition) is 2. The van der Waals surface area contributed by atoms with Gasteiger partial charge in [0.15, 0.2) is 0 Å². The average Bonchev–Trinajstić information content (AvgIpc) is 2.96. The van der Waals surface area contributed by atoms with Gasteiger partial charge in [-0.15, -0.1) is 23.7 Å². The number of sulfonamides is 1. The van der Waals surface area contributed by atoms with Crippen LogP contribution in [0.2, 0.25) is 0 Å². The van der Waals surface area contributed by atoms with E-state index in [-0.39, 0.29) is 17.3 Å². The zero-order valence-corrected chi connectivity index (χ0v) is 22.5. The summed E-state index contributed by atoms with van der Waals surface area (Å²) in [5.41, 5.74) is 7.30. The molecule has 192 valence electrons. The highest BCUT2D eigenvalue weighted by molar-refractivity contribution is 7.89. The van der Waals surface area contributed by atoms with Gasteiger partial charge in [0.05, 0.1) is 10.5 Å². The Balaban J connectivity index is 0.00000342. The molecule has 1 fully saturated rings. The van der Waals surface area contributed by atoms with Crippen molar-refractivity contribution in [3.8, 4) is 0 Å². The number of carbonyl (C=O) groups is 2. The van der Waals surface area contributed by atoms with E-state index in [1.807, 2.05) is 0 Å². The monoisotopic (exact) mass is 540 g/mol. The molecule has 0 unspecified atom stereocenters. The Morgan fingerprint density at radius 2 is 1.66 bits per heavy atom. The number of benzene rings is 1. The topological polar surface area (TPSA) is 113 Å². The van der Waals surface area contributed by atoms with E-state index in [1.54, 1.807) is 0 Å². The Labute approximate surface area is 217 Å². The van der Waals surface area contributed by atoms with Crippen molar-refractivity contribution in [3.05, 3.63) is 45.8 Å². The molecule has 0 aliphatic carbocycles. The lowest BCUT2D eigenvalue weighted by Gasteiger charge is -2.30. The molecule has 0 spiro atoms. The molecule has 1 aromatic carbocycles. The van der Waals surface area contributed by atoms with E-state index in [4.69, 9.17) is 5.73 Å². The molecule has 1 saturated heterocycles. The maximum atomic E-state index is 13.0. The van der Waals surface area contributed by atoms with Crippen LogP contribution in [0.4, 0.5) is 5.00 Å². The number of rotatable bonds is 6. The van der Waals surface area contributed by atoms with Crippen molar-refractivity contribution in [3.63, 3.8) is 0 Å². The van der Waals surface area contributed by atoms with Crippen LogP contribution in [0.15, 0.2) is 29.2 Å². The van der Waals surface area contributed by atoms with E-state index in [9.17, 15) is 18.0 Å². The fourth-order valence-corrected chi connectivity index (χ4v) is 7.39. The van der Waals surface area contributed by atoms with Crippen LogP contribution in [0.25, 0.3) is 0 Å². The van der Waals surface area contributed by atoms with Crippen LogP contribution in [0.5, 0.6) is 0 Å². The molecule has 1 aromatic heterocycles. The van der Waals surface area contributed by atoms with Crippen molar-refractivity contribution in [2.75, 3.05) is 25.0 Å². The van der Waals surface area contributed by atoms with Gasteiger partial charge < -0.3 is 11.1 Å². The fourth-order valence-electron chi connectivity index (χ4n) is 4.60. The molecule has 11 heteroatoms. The van der Waals surface area contributed by atoms with E-state index in [0.29, 0.717) is 41.7 Å². The van der Waals surface area contributed by atoms with Crippen molar-refractivity contribution < 1.29 is 18.0 Å². The summed E-state index contributed by atoms with van der Waals surface area (Å²) in [4.78, 5) is 28.7. The van der Waals surface area contributed by atoms with Gasteiger partial charge in [0.25, 0.3) is 11.8 Å². The molecule has 3 N–H and O–H groups in total. The number of primary amides is 1. The Morgan fingerprint density at radius 1 is 1.03 bits per heavy atom. The molecular weight excluding hydrogens is 508 g/mol. The van der Waals surface area contributed by atoms with Gasteiger partial charge in [0.1, 0.15) is 5.00 Å². The van der Waals surface area contributed by atoms with Crippen molar-refractivity contribution in [1.82, 2.24) is 9.21 Å². The van der Waals surface area contributed by atoms with Crippen LogP contribution in [-0.4, -0.2) is 55.1 Å². The minimum Gasteiger partial charge on any atom is -0.365 e. The lowest BCUT2D eigenvalue weighted by molar-refractivity contribution is 0.0999. The lowest BCUT2D eigenvalue weighted by Crippen LogP contribution is -2.35. The molecule has 2 aliphatic heterocycles. The first-order valence-corrected chi connectivity index (χ1v) is 14.0. The molecule has 0 saturated carbocycles. The van der Waals surface area contributed by atoms with E-state index in [0.717, 1.165) is 49.2 Å². The third-order valence-electron chi connectivity index (χ3n) is 6.61. The molecule has 0 atom stereocenters. The Morgan fingerprint density at radius 3 is 2.23 bits per heavy atom. The van der Waals surface area contributed by atoms with Gasteiger partial charge in [0.2, 0.25) is 10.0 Å². The Kier molecular flexibility index (Phi) is 8.98. The molecule has 4 rings (SSSR count). The van der Waals surface area contributed by atoms with Crippen LogP contribution in [0.3, 0.4) is 0 Å². The minimum absolute atomic E-state index is 0. The predicted octanol–water partition coefficient (Wildman–Crippen LogP) is 3.85. The molecule has 2 aliphatic rings. The average molecular weight is 541 g/mol. The summed E-state index contributed by atoms with van der Waals surface area (Å²) in [5, 5.41) is 3.29. The normalized spacial score (nSPS) is 17.3. The van der Waals surface area contributed by atoms with Gasteiger partial charge in [-0.2, -0.15) is 4.31 Å². The van der Waals surface area contributed by atoms with E-state index < -0.39 is 21.8 Å². The van der Waals surface area contributed by atoms with Gasteiger partial charge in [-0.25, -0.2) is 8.42 Å². The van der Waals surface area contributed by atoms with E-state index in [1.165, 1.54) is 39.9 Å². The zero-order chi connectivity index (χ0) is 24.5. The second kappa shape index (κ2) is 11.4. The number of nitrogens with one attached hydrogen (secondary N) is 1. The van der Waals surface area contributed by atoms with Crippen molar-refractivity contribution in [1.29, 1.82) is 0 Å². The number of carbonyl (C=O) groups excluding carboxylic acids is 2. The summed E-state index contributed by atoms with van der Waals surface area (Å²) >= 11 is 1.39. The molecule has 35 heavy (non-hydrogen) atoms. The number of amides is 2. The third-order valence-corrected chi connectivity index (χ3v) is 9.65. The second-order valence-electron chi connectivity index (χ2n) is 9.18. The maximum absolute atomic E-state index is 13.0. The lowest BCUT2D eigenvalue weighted by atomic mass is 10.0. The number of anilines is 1. The second-order valence-corrected chi connectivity index (χ2v) is 12.2. The first-order chi connectivity index (χ1) is 16.2. The number of hydrogen-bond acceptors (Lipinski definition) is 6. The van der Waals surface area contributed by atoms with Crippen molar-refractivity contribution >= 4 is 50.6 Å². The van der Waals surface area contributed by atoms with Gasteiger partial charge in [-0.1, -0.05) is 12.8 Å². The summed E-state index contributed by atoms with van der Waals surface area (Å²) in [6.45, 7) is 6.87. The summed E-state index contributed by atoms with van der Waals surface area (Å²) < 4.78 is 27.5. The Hall–Kier alpha value is -1.98. The van der Waals surface area contributed by atoms with E-state index in [2.05, 4.69) is 24.1 Å². The summed E-state index contributed by atoms with van der Waals surface area (Å²) in [7, 11) is -3.58. The number of nitrogens with zero attached hydrogens (tertiary/aromatic N) is 2. The maximum Gasteiger partial charge on any atom is 0.256 e. The minimum atomic E-state index is -3.58. The van der Waals surface area contributed by atoms with Crippen LogP contribution in [-0.2, 0) is 23.0 Å². The first-order valence-electron chi connectivity index (χ1n) is 11.8. The van der Waals surface area contributed by atoms with Crippen molar-refractivity contribution in [2.24, 2.45) is 5.73 Å². The molecular formula is C24H33ClN4O4S2. The van der Waals surface area contributed by atoms with Crippen LogP contribution in [0, 0.1) is 0 Å². The van der Waals surface area contributed by atoms with Crippen LogP contribution < -0.4 is 11.1 Å². The number of halogens is 1.